The smallest absolute Gasteiger partial charge is 0.338 e. The summed E-state index contributed by atoms with van der Waals surface area (Å²) in [4.78, 5) is 12.6. The molecule has 4 heteroatoms. The van der Waals surface area contributed by atoms with Crippen LogP contribution in [0.5, 0.6) is 5.75 Å². The fraction of sp³-hybridized carbons (Fsp3) is 0.480. The van der Waals surface area contributed by atoms with Gasteiger partial charge < -0.3 is 14.2 Å². The van der Waals surface area contributed by atoms with E-state index in [0.29, 0.717) is 30.6 Å². The van der Waals surface area contributed by atoms with Crippen molar-refractivity contribution in [2.24, 2.45) is 23.2 Å². The lowest BCUT2D eigenvalue weighted by Gasteiger charge is -2.63. The van der Waals surface area contributed by atoms with Crippen molar-refractivity contribution in [3.05, 3.63) is 65.7 Å². The molecule has 1 saturated carbocycles. The third-order valence-corrected chi connectivity index (χ3v) is 7.75. The Hall–Kier alpha value is -2.33. The first-order valence-corrected chi connectivity index (χ1v) is 10.6. The van der Waals surface area contributed by atoms with Crippen molar-refractivity contribution in [3.8, 4) is 5.75 Å². The molecule has 3 aliphatic rings. The number of hydrogen-bond acceptors (Lipinski definition) is 4. The van der Waals surface area contributed by atoms with E-state index in [0.717, 1.165) is 17.7 Å². The molecule has 4 nitrogen and oxygen atoms in total. The van der Waals surface area contributed by atoms with Crippen molar-refractivity contribution in [2.75, 3.05) is 13.2 Å². The minimum absolute atomic E-state index is 0.0328. The van der Waals surface area contributed by atoms with Gasteiger partial charge >= 0.3 is 5.97 Å². The predicted octanol–water partition coefficient (Wildman–Crippen LogP) is 5.04. The summed E-state index contributed by atoms with van der Waals surface area (Å²) in [5.74, 6) is 1.54. The highest BCUT2D eigenvalue weighted by atomic mass is 16.5. The van der Waals surface area contributed by atoms with Crippen molar-refractivity contribution in [2.45, 2.75) is 38.9 Å². The molecule has 0 amide bonds. The molecule has 2 aliphatic heterocycles. The normalized spacial score (nSPS) is 37.2. The number of hydrogen-bond donors (Lipinski definition) is 0. The summed E-state index contributed by atoms with van der Waals surface area (Å²) in [6.07, 6.45) is 0.962. The Bertz CT molecular complexity index is 925. The minimum Gasteiger partial charge on any atom is -0.487 e. The van der Waals surface area contributed by atoms with Crippen molar-refractivity contribution in [1.29, 1.82) is 0 Å². The maximum absolute atomic E-state index is 12.6. The lowest BCUT2D eigenvalue weighted by molar-refractivity contribution is -0.259. The van der Waals surface area contributed by atoms with Gasteiger partial charge in [-0.15, -0.1) is 0 Å². The number of rotatable bonds is 3. The van der Waals surface area contributed by atoms with E-state index in [2.05, 4.69) is 26.8 Å². The maximum Gasteiger partial charge on any atom is 0.338 e. The Morgan fingerprint density at radius 2 is 1.83 bits per heavy atom. The Morgan fingerprint density at radius 3 is 2.62 bits per heavy atom. The molecule has 5 rings (SSSR count). The molecule has 2 heterocycles. The molecule has 0 unspecified atom stereocenters. The summed E-state index contributed by atoms with van der Waals surface area (Å²) in [6, 6.07) is 17.4. The van der Waals surface area contributed by atoms with Gasteiger partial charge in [0.2, 0.25) is 0 Å². The van der Waals surface area contributed by atoms with E-state index in [4.69, 9.17) is 14.2 Å². The summed E-state index contributed by atoms with van der Waals surface area (Å²) in [5.41, 5.74) is 1.27. The molecule has 2 aromatic carbocycles. The first-order valence-electron chi connectivity index (χ1n) is 10.6. The van der Waals surface area contributed by atoms with Crippen LogP contribution in [0.4, 0.5) is 0 Å². The SMILES string of the molecule is C[C@@H]1C[C@]2(C)Oc3ccccc3[C@@H]3OC[C@]1(COC(=O)c1ccccc1)[C@@H](C)[C@H]32. The summed E-state index contributed by atoms with van der Waals surface area (Å²) in [6.45, 7) is 7.75. The first-order chi connectivity index (χ1) is 13.9. The largest absolute Gasteiger partial charge is 0.487 e. The molecule has 152 valence electrons. The second kappa shape index (κ2) is 6.60. The van der Waals surface area contributed by atoms with Crippen LogP contribution in [0.3, 0.4) is 0 Å². The molecule has 0 aromatic heterocycles. The monoisotopic (exact) mass is 392 g/mol. The van der Waals surface area contributed by atoms with Crippen LogP contribution in [0.15, 0.2) is 54.6 Å². The number of ether oxygens (including phenoxy) is 3. The van der Waals surface area contributed by atoms with E-state index in [9.17, 15) is 4.79 Å². The molecule has 2 aromatic rings. The average molecular weight is 392 g/mol. The highest BCUT2D eigenvalue weighted by molar-refractivity contribution is 5.89. The molecule has 29 heavy (non-hydrogen) atoms. The molecule has 1 saturated heterocycles. The highest BCUT2D eigenvalue weighted by Gasteiger charge is 2.64. The van der Waals surface area contributed by atoms with E-state index in [-0.39, 0.29) is 29.0 Å². The number of carbonyl (C=O) groups is 1. The molecule has 0 N–H and O–H groups in total. The lowest BCUT2D eigenvalue weighted by Crippen LogP contribution is -2.66. The van der Waals surface area contributed by atoms with Gasteiger partial charge in [0.15, 0.2) is 0 Å². The van der Waals surface area contributed by atoms with Gasteiger partial charge in [-0.2, -0.15) is 0 Å². The van der Waals surface area contributed by atoms with Gasteiger partial charge in [0.1, 0.15) is 11.4 Å². The fourth-order valence-corrected chi connectivity index (χ4v) is 6.11. The number of fused-ring (bicyclic) bond motifs is 3. The Morgan fingerprint density at radius 1 is 1.10 bits per heavy atom. The Kier molecular flexibility index (Phi) is 4.25. The van der Waals surface area contributed by atoms with Gasteiger partial charge in [-0.05, 0) is 43.4 Å². The third kappa shape index (κ3) is 2.72. The topological polar surface area (TPSA) is 44.8 Å². The van der Waals surface area contributed by atoms with Crippen LogP contribution in [-0.2, 0) is 9.47 Å². The first kappa shape index (κ1) is 18.7. The van der Waals surface area contributed by atoms with Gasteiger partial charge in [-0.1, -0.05) is 50.2 Å². The van der Waals surface area contributed by atoms with E-state index >= 15 is 0 Å². The van der Waals surface area contributed by atoms with Crippen LogP contribution in [0.2, 0.25) is 0 Å². The molecular weight excluding hydrogens is 364 g/mol. The van der Waals surface area contributed by atoms with Crippen molar-refractivity contribution >= 4 is 5.97 Å². The zero-order valence-corrected chi connectivity index (χ0v) is 17.3. The third-order valence-electron chi connectivity index (χ3n) is 7.75. The fourth-order valence-electron chi connectivity index (χ4n) is 6.11. The molecule has 6 atom stereocenters. The van der Waals surface area contributed by atoms with E-state index < -0.39 is 0 Å². The summed E-state index contributed by atoms with van der Waals surface area (Å²) in [5, 5.41) is 0. The van der Waals surface area contributed by atoms with Crippen molar-refractivity contribution in [3.63, 3.8) is 0 Å². The van der Waals surface area contributed by atoms with Crippen LogP contribution in [0.25, 0.3) is 0 Å². The quantitative estimate of drug-likeness (QED) is 0.686. The number of para-hydroxylation sites is 1. The molecular formula is C25H28O4. The van der Waals surface area contributed by atoms with Crippen molar-refractivity contribution < 1.29 is 19.0 Å². The molecule has 2 fully saturated rings. The highest BCUT2D eigenvalue weighted by Crippen LogP contribution is 2.63. The van der Waals surface area contributed by atoms with E-state index in [1.807, 2.05) is 36.4 Å². The van der Waals surface area contributed by atoms with Crippen molar-refractivity contribution in [1.82, 2.24) is 0 Å². The average Bonchev–Trinajstić information content (AvgIpc) is 2.72. The van der Waals surface area contributed by atoms with Gasteiger partial charge in [-0.25, -0.2) is 4.79 Å². The summed E-state index contributed by atoms with van der Waals surface area (Å²) >= 11 is 0. The summed E-state index contributed by atoms with van der Waals surface area (Å²) in [7, 11) is 0. The van der Waals surface area contributed by atoms with Crippen LogP contribution < -0.4 is 4.74 Å². The zero-order valence-electron chi connectivity index (χ0n) is 17.3. The van der Waals surface area contributed by atoms with E-state index in [1.165, 1.54) is 0 Å². The van der Waals surface area contributed by atoms with Crippen LogP contribution in [0, 0.1) is 23.2 Å². The molecule has 0 radical (unpaired) electrons. The second-order valence-corrected chi connectivity index (χ2v) is 9.28. The lowest BCUT2D eigenvalue weighted by atomic mass is 9.50. The minimum atomic E-state index is -0.273. The van der Waals surface area contributed by atoms with Gasteiger partial charge in [0.05, 0.1) is 24.9 Å². The van der Waals surface area contributed by atoms with Gasteiger partial charge in [-0.3, -0.25) is 0 Å². The van der Waals surface area contributed by atoms with E-state index in [1.54, 1.807) is 12.1 Å². The zero-order chi connectivity index (χ0) is 20.2. The second-order valence-electron chi connectivity index (χ2n) is 9.28. The van der Waals surface area contributed by atoms with Crippen LogP contribution in [-0.4, -0.2) is 24.8 Å². The number of esters is 1. The molecule has 2 bridgehead atoms. The summed E-state index contributed by atoms with van der Waals surface area (Å²) < 4.78 is 18.9. The number of carbonyl (C=O) groups excluding carboxylic acids is 1. The standard InChI is InChI=1S/C25H28O4/c1-16-13-24(3)21-17(2)25(16,15-28-23(26)18-9-5-4-6-10-18)14-27-22(21)19-11-7-8-12-20(19)29-24/h4-12,16-17,21-22H,13-15H2,1-3H3/t16-,17+,21-,22+,24+,25-/m1/s1. The molecule has 0 spiro atoms. The maximum atomic E-state index is 12.6. The van der Waals surface area contributed by atoms with Crippen LogP contribution in [0.1, 0.15) is 49.2 Å². The van der Waals surface area contributed by atoms with Gasteiger partial charge in [0, 0.05) is 16.9 Å². The predicted molar refractivity (Wildman–Crippen MR) is 110 cm³/mol. The number of benzene rings is 2. The van der Waals surface area contributed by atoms with Crippen LogP contribution >= 0.6 is 0 Å². The van der Waals surface area contributed by atoms with Gasteiger partial charge in [0.25, 0.3) is 0 Å². The Balaban J connectivity index is 1.44. The molecule has 1 aliphatic carbocycles. The Labute approximate surface area is 172 Å².